The molecule has 0 spiro atoms. The van der Waals surface area contributed by atoms with Crippen LogP contribution >= 0.6 is 0 Å². The van der Waals surface area contributed by atoms with Crippen molar-refractivity contribution in [2.45, 2.75) is 58.8 Å². The molecule has 0 unspecified atom stereocenters. The quantitative estimate of drug-likeness (QED) is 0.329. The summed E-state index contributed by atoms with van der Waals surface area (Å²) in [4.78, 5) is 10.5. The zero-order valence-electron chi connectivity index (χ0n) is 10.2. The third kappa shape index (κ3) is 11.1. The zero-order chi connectivity index (χ0) is 11.5. The Balaban J connectivity index is 3.20. The summed E-state index contributed by atoms with van der Waals surface area (Å²) in [6, 6.07) is 0. The number of ether oxygens (including phenoxy) is 1. The molecule has 0 amide bonds. The van der Waals surface area contributed by atoms with Gasteiger partial charge in [-0.1, -0.05) is 45.6 Å². The van der Waals surface area contributed by atoms with Crippen LogP contribution in [0.15, 0.2) is 12.2 Å². The molecule has 0 aliphatic heterocycles. The molecule has 0 radical (unpaired) electrons. The predicted octanol–water partition coefficient (Wildman–Crippen LogP) is 3.86. The molecule has 0 heterocycles. The van der Waals surface area contributed by atoms with Gasteiger partial charge in [-0.15, -0.1) is 0 Å². The van der Waals surface area contributed by atoms with Gasteiger partial charge in [0.1, 0.15) is 6.61 Å². The van der Waals surface area contributed by atoms with Gasteiger partial charge >= 0.3 is 5.97 Å². The molecule has 2 nitrogen and oxygen atoms in total. The number of hydrogen-bond acceptors (Lipinski definition) is 2. The first kappa shape index (κ1) is 14.2. The Morgan fingerprint density at radius 1 is 1.13 bits per heavy atom. The average Bonchev–Trinajstić information content (AvgIpc) is 2.20. The fourth-order valence-corrected chi connectivity index (χ4v) is 1.43. The molecule has 0 aliphatic rings. The fraction of sp³-hybridized carbons (Fsp3) is 0.769. The lowest BCUT2D eigenvalue weighted by Crippen LogP contribution is -2.02. The maximum Gasteiger partial charge on any atom is 0.302 e. The third-order valence-corrected chi connectivity index (χ3v) is 2.36. The van der Waals surface area contributed by atoms with Crippen molar-refractivity contribution in [3.05, 3.63) is 12.2 Å². The van der Waals surface area contributed by atoms with Gasteiger partial charge in [-0.25, -0.2) is 0 Å². The van der Waals surface area contributed by atoms with Crippen LogP contribution in [0.2, 0.25) is 0 Å². The number of esters is 1. The highest BCUT2D eigenvalue weighted by atomic mass is 16.5. The largest absolute Gasteiger partial charge is 0.461 e. The number of unbranched alkanes of at least 4 members (excludes halogenated alkanes) is 5. The van der Waals surface area contributed by atoms with Crippen LogP contribution in [0.25, 0.3) is 0 Å². The summed E-state index contributed by atoms with van der Waals surface area (Å²) in [5, 5.41) is 0. The third-order valence-electron chi connectivity index (χ3n) is 2.36. The standard InChI is InChI=1S/C13H24O2/c1-4-5-6-7-8-9-10-12(2)11-15-13(3)14/h2,4-11H2,1,3H3. The van der Waals surface area contributed by atoms with Crippen molar-refractivity contribution < 1.29 is 9.53 Å². The van der Waals surface area contributed by atoms with E-state index in [0.717, 1.165) is 12.0 Å². The highest BCUT2D eigenvalue weighted by Crippen LogP contribution is 2.10. The molecule has 2 heteroatoms. The van der Waals surface area contributed by atoms with Crippen LogP contribution in [0.3, 0.4) is 0 Å². The Morgan fingerprint density at radius 2 is 1.73 bits per heavy atom. The number of hydrogen-bond donors (Lipinski definition) is 0. The zero-order valence-corrected chi connectivity index (χ0v) is 10.2. The van der Waals surface area contributed by atoms with Crippen molar-refractivity contribution in [3.8, 4) is 0 Å². The SMILES string of the molecule is C=C(CCCCCCCC)COC(C)=O. The van der Waals surface area contributed by atoms with Crippen molar-refractivity contribution in [3.63, 3.8) is 0 Å². The van der Waals surface area contributed by atoms with Gasteiger partial charge in [-0.3, -0.25) is 4.79 Å². The summed E-state index contributed by atoms with van der Waals surface area (Å²) in [6.45, 7) is 7.93. The van der Waals surface area contributed by atoms with Crippen molar-refractivity contribution >= 4 is 5.97 Å². The lowest BCUT2D eigenvalue weighted by Gasteiger charge is -2.05. The second kappa shape index (κ2) is 9.75. The van der Waals surface area contributed by atoms with E-state index in [1.165, 1.54) is 45.4 Å². The highest BCUT2D eigenvalue weighted by molar-refractivity contribution is 5.66. The average molecular weight is 212 g/mol. The van der Waals surface area contributed by atoms with E-state index in [9.17, 15) is 4.79 Å². The Hall–Kier alpha value is -0.790. The van der Waals surface area contributed by atoms with Gasteiger partial charge in [0.25, 0.3) is 0 Å². The molecule has 0 aromatic rings. The van der Waals surface area contributed by atoms with E-state index in [4.69, 9.17) is 4.74 Å². The fourth-order valence-electron chi connectivity index (χ4n) is 1.43. The van der Waals surface area contributed by atoms with Gasteiger partial charge in [0.15, 0.2) is 0 Å². The summed E-state index contributed by atoms with van der Waals surface area (Å²) in [5.41, 5.74) is 1.03. The summed E-state index contributed by atoms with van der Waals surface area (Å²) in [6.07, 6.45) is 8.71. The lowest BCUT2D eigenvalue weighted by atomic mass is 10.1. The van der Waals surface area contributed by atoms with E-state index < -0.39 is 0 Å². The molecule has 0 atom stereocenters. The molecule has 0 saturated carbocycles. The molecule has 15 heavy (non-hydrogen) atoms. The summed E-state index contributed by atoms with van der Waals surface area (Å²) in [7, 11) is 0. The van der Waals surface area contributed by atoms with Crippen molar-refractivity contribution in [2.24, 2.45) is 0 Å². The second-order valence-electron chi connectivity index (χ2n) is 4.05. The Morgan fingerprint density at radius 3 is 2.33 bits per heavy atom. The number of carbonyl (C=O) groups is 1. The molecule has 88 valence electrons. The maximum atomic E-state index is 10.5. The number of rotatable bonds is 9. The first-order chi connectivity index (χ1) is 7.16. The van der Waals surface area contributed by atoms with E-state index in [0.29, 0.717) is 6.61 Å². The Kier molecular flexibility index (Phi) is 9.24. The van der Waals surface area contributed by atoms with Crippen LogP contribution in [-0.2, 0) is 9.53 Å². The molecule has 0 bridgehead atoms. The first-order valence-corrected chi connectivity index (χ1v) is 5.96. The summed E-state index contributed by atoms with van der Waals surface area (Å²) >= 11 is 0. The predicted molar refractivity (Wildman–Crippen MR) is 63.8 cm³/mol. The highest BCUT2D eigenvalue weighted by Gasteiger charge is 1.98. The van der Waals surface area contributed by atoms with E-state index in [2.05, 4.69) is 13.5 Å². The van der Waals surface area contributed by atoms with Gasteiger partial charge < -0.3 is 4.74 Å². The summed E-state index contributed by atoms with van der Waals surface area (Å²) < 4.78 is 4.86. The van der Waals surface area contributed by atoms with E-state index in [1.54, 1.807) is 0 Å². The maximum absolute atomic E-state index is 10.5. The topological polar surface area (TPSA) is 26.3 Å². The molecular formula is C13H24O2. The van der Waals surface area contributed by atoms with Crippen LogP contribution in [0.5, 0.6) is 0 Å². The van der Waals surface area contributed by atoms with E-state index in [1.807, 2.05) is 0 Å². The van der Waals surface area contributed by atoms with Crippen molar-refractivity contribution in [1.29, 1.82) is 0 Å². The van der Waals surface area contributed by atoms with Crippen LogP contribution < -0.4 is 0 Å². The Labute approximate surface area is 93.7 Å². The molecule has 0 rings (SSSR count). The van der Waals surface area contributed by atoms with Crippen molar-refractivity contribution in [2.75, 3.05) is 6.61 Å². The van der Waals surface area contributed by atoms with Crippen molar-refractivity contribution in [1.82, 2.24) is 0 Å². The van der Waals surface area contributed by atoms with E-state index in [-0.39, 0.29) is 5.97 Å². The Bertz CT molecular complexity index is 185. The minimum atomic E-state index is -0.223. The van der Waals surface area contributed by atoms with Gasteiger partial charge in [-0.2, -0.15) is 0 Å². The summed E-state index contributed by atoms with van der Waals surface area (Å²) in [5.74, 6) is -0.223. The molecule has 0 aromatic heterocycles. The smallest absolute Gasteiger partial charge is 0.302 e. The van der Waals surface area contributed by atoms with Crippen LogP contribution in [0, 0.1) is 0 Å². The molecule has 0 aromatic carbocycles. The monoisotopic (exact) mass is 212 g/mol. The van der Waals surface area contributed by atoms with Gasteiger partial charge in [0.2, 0.25) is 0 Å². The normalized spacial score (nSPS) is 10.0. The molecular weight excluding hydrogens is 188 g/mol. The second-order valence-corrected chi connectivity index (χ2v) is 4.05. The minimum Gasteiger partial charge on any atom is -0.461 e. The number of carbonyl (C=O) groups excluding carboxylic acids is 1. The lowest BCUT2D eigenvalue weighted by molar-refractivity contribution is -0.140. The minimum absolute atomic E-state index is 0.223. The van der Waals surface area contributed by atoms with Gasteiger partial charge in [0.05, 0.1) is 0 Å². The van der Waals surface area contributed by atoms with Crippen LogP contribution in [0.1, 0.15) is 58.8 Å². The molecule has 0 aliphatic carbocycles. The van der Waals surface area contributed by atoms with Crippen LogP contribution in [-0.4, -0.2) is 12.6 Å². The molecule has 0 N–H and O–H groups in total. The first-order valence-electron chi connectivity index (χ1n) is 5.96. The van der Waals surface area contributed by atoms with Gasteiger partial charge in [-0.05, 0) is 18.4 Å². The molecule has 0 fully saturated rings. The van der Waals surface area contributed by atoms with Crippen LogP contribution in [0.4, 0.5) is 0 Å². The molecule has 0 saturated heterocycles. The van der Waals surface area contributed by atoms with E-state index >= 15 is 0 Å². The van der Waals surface area contributed by atoms with Gasteiger partial charge in [0, 0.05) is 6.92 Å².